The van der Waals surface area contributed by atoms with Crippen molar-refractivity contribution in [3.05, 3.63) is 71.8 Å². The summed E-state index contributed by atoms with van der Waals surface area (Å²) in [4.78, 5) is 23.3. The SMILES string of the molecule is O=C(OCCC#CCCOC(=O)c1ccccc1)c1ccccc1. The summed E-state index contributed by atoms with van der Waals surface area (Å²) in [7, 11) is 0. The van der Waals surface area contributed by atoms with Gasteiger partial charge in [0.15, 0.2) is 0 Å². The fraction of sp³-hybridized carbons (Fsp3) is 0.200. The Morgan fingerprint density at radius 3 is 1.42 bits per heavy atom. The molecule has 0 spiro atoms. The molecule has 0 aliphatic rings. The van der Waals surface area contributed by atoms with Crippen molar-refractivity contribution in [1.29, 1.82) is 0 Å². The van der Waals surface area contributed by atoms with Gasteiger partial charge in [-0.2, -0.15) is 0 Å². The summed E-state index contributed by atoms with van der Waals surface area (Å²) < 4.78 is 10.2. The maximum absolute atomic E-state index is 11.7. The zero-order chi connectivity index (χ0) is 17.0. The fourth-order valence-corrected chi connectivity index (χ4v) is 1.88. The van der Waals surface area contributed by atoms with Crippen LogP contribution < -0.4 is 0 Å². The fourth-order valence-electron chi connectivity index (χ4n) is 1.88. The highest BCUT2D eigenvalue weighted by Crippen LogP contribution is 2.02. The molecule has 0 aromatic heterocycles. The second-order valence-corrected chi connectivity index (χ2v) is 4.86. The number of hydrogen-bond acceptors (Lipinski definition) is 4. The molecule has 4 nitrogen and oxygen atoms in total. The molecule has 24 heavy (non-hydrogen) atoms. The van der Waals surface area contributed by atoms with Crippen LogP contribution in [0, 0.1) is 11.8 Å². The van der Waals surface area contributed by atoms with Crippen LogP contribution >= 0.6 is 0 Å². The van der Waals surface area contributed by atoms with E-state index in [1.165, 1.54) is 0 Å². The minimum Gasteiger partial charge on any atom is -0.461 e. The number of hydrogen-bond donors (Lipinski definition) is 0. The molecule has 0 bridgehead atoms. The van der Waals surface area contributed by atoms with E-state index >= 15 is 0 Å². The van der Waals surface area contributed by atoms with Crippen molar-refractivity contribution in [2.24, 2.45) is 0 Å². The van der Waals surface area contributed by atoms with Gasteiger partial charge in [-0.1, -0.05) is 48.2 Å². The van der Waals surface area contributed by atoms with E-state index in [0.717, 1.165) is 0 Å². The normalized spacial score (nSPS) is 9.50. The molecule has 0 amide bonds. The molecule has 0 aliphatic heterocycles. The molecule has 0 radical (unpaired) electrons. The molecule has 4 heteroatoms. The second-order valence-electron chi connectivity index (χ2n) is 4.86. The maximum Gasteiger partial charge on any atom is 0.338 e. The Bertz CT molecular complexity index is 650. The molecule has 0 N–H and O–H groups in total. The summed E-state index contributed by atoms with van der Waals surface area (Å²) >= 11 is 0. The van der Waals surface area contributed by atoms with Crippen LogP contribution in [0.1, 0.15) is 33.6 Å². The number of esters is 2. The first-order chi connectivity index (χ1) is 11.8. The van der Waals surface area contributed by atoms with E-state index in [9.17, 15) is 9.59 Å². The quantitative estimate of drug-likeness (QED) is 0.464. The van der Waals surface area contributed by atoms with E-state index in [-0.39, 0.29) is 25.2 Å². The van der Waals surface area contributed by atoms with E-state index in [1.54, 1.807) is 48.5 Å². The lowest BCUT2D eigenvalue weighted by molar-refractivity contribution is 0.0502. The van der Waals surface area contributed by atoms with E-state index in [1.807, 2.05) is 12.1 Å². The van der Waals surface area contributed by atoms with E-state index in [2.05, 4.69) is 11.8 Å². The molecular formula is C20H18O4. The van der Waals surface area contributed by atoms with Crippen molar-refractivity contribution < 1.29 is 19.1 Å². The lowest BCUT2D eigenvalue weighted by Gasteiger charge is -2.02. The Morgan fingerprint density at radius 1 is 0.667 bits per heavy atom. The highest BCUT2D eigenvalue weighted by molar-refractivity contribution is 5.89. The smallest absolute Gasteiger partial charge is 0.338 e. The van der Waals surface area contributed by atoms with Gasteiger partial charge in [0.25, 0.3) is 0 Å². The molecule has 0 unspecified atom stereocenters. The molecule has 2 aromatic rings. The molecule has 0 fully saturated rings. The first-order valence-corrected chi connectivity index (χ1v) is 7.67. The van der Waals surface area contributed by atoms with Crippen molar-refractivity contribution in [3.63, 3.8) is 0 Å². The molecule has 2 aromatic carbocycles. The van der Waals surface area contributed by atoms with Crippen LogP contribution in [0.4, 0.5) is 0 Å². The Morgan fingerprint density at radius 2 is 1.04 bits per heavy atom. The predicted molar refractivity (Wildman–Crippen MR) is 90.5 cm³/mol. The van der Waals surface area contributed by atoms with Gasteiger partial charge in [0.1, 0.15) is 13.2 Å². The first kappa shape index (κ1) is 17.3. The molecule has 0 saturated carbocycles. The van der Waals surface area contributed by atoms with Gasteiger partial charge >= 0.3 is 11.9 Å². The standard InChI is InChI=1S/C20H18O4/c21-19(17-11-5-3-6-12-17)23-15-9-1-2-10-16-24-20(22)18-13-7-4-8-14-18/h3-8,11-14H,9-10,15-16H2. The molecule has 0 atom stereocenters. The first-order valence-electron chi connectivity index (χ1n) is 7.67. The van der Waals surface area contributed by atoms with E-state index < -0.39 is 0 Å². The molecular weight excluding hydrogens is 304 g/mol. The largest absolute Gasteiger partial charge is 0.461 e. The van der Waals surface area contributed by atoms with Crippen molar-refractivity contribution in [1.82, 2.24) is 0 Å². The topological polar surface area (TPSA) is 52.6 Å². The third kappa shape index (κ3) is 5.98. The number of carbonyl (C=O) groups excluding carboxylic acids is 2. The van der Waals surface area contributed by atoms with Crippen LogP contribution in [0.2, 0.25) is 0 Å². The van der Waals surface area contributed by atoms with Gasteiger partial charge in [-0.3, -0.25) is 0 Å². The number of carbonyl (C=O) groups is 2. The average Bonchev–Trinajstić information content (AvgIpc) is 2.65. The van der Waals surface area contributed by atoms with Crippen LogP contribution in [0.3, 0.4) is 0 Å². The lowest BCUT2D eigenvalue weighted by Crippen LogP contribution is -2.06. The van der Waals surface area contributed by atoms with Crippen molar-refractivity contribution in [2.75, 3.05) is 13.2 Å². The zero-order valence-corrected chi connectivity index (χ0v) is 13.2. The molecule has 0 saturated heterocycles. The monoisotopic (exact) mass is 322 g/mol. The molecule has 0 heterocycles. The molecule has 2 rings (SSSR count). The highest BCUT2D eigenvalue weighted by Gasteiger charge is 2.05. The summed E-state index contributed by atoms with van der Waals surface area (Å²) in [6, 6.07) is 17.6. The summed E-state index contributed by atoms with van der Waals surface area (Å²) in [5.41, 5.74) is 1.05. The van der Waals surface area contributed by atoms with E-state index in [0.29, 0.717) is 24.0 Å². The summed E-state index contributed by atoms with van der Waals surface area (Å²) in [5, 5.41) is 0. The highest BCUT2D eigenvalue weighted by atomic mass is 16.5. The summed E-state index contributed by atoms with van der Waals surface area (Å²) in [6.45, 7) is 0.481. The van der Waals surface area contributed by atoms with Crippen molar-refractivity contribution in [3.8, 4) is 11.8 Å². The van der Waals surface area contributed by atoms with Crippen LogP contribution in [0.15, 0.2) is 60.7 Å². The zero-order valence-electron chi connectivity index (χ0n) is 13.2. The Kier molecular flexibility index (Phi) is 7.10. The van der Waals surface area contributed by atoms with Crippen LogP contribution in [-0.4, -0.2) is 25.2 Å². The van der Waals surface area contributed by atoms with Crippen molar-refractivity contribution >= 4 is 11.9 Å². The summed E-state index contributed by atoms with van der Waals surface area (Å²) in [6.07, 6.45) is 0.899. The van der Waals surface area contributed by atoms with Crippen LogP contribution in [-0.2, 0) is 9.47 Å². The molecule has 122 valence electrons. The Hall–Kier alpha value is -3.06. The van der Waals surface area contributed by atoms with Crippen molar-refractivity contribution in [2.45, 2.75) is 12.8 Å². The second kappa shape index (κ2) is 9.86. The van der Waals surface area contributed by atoms with Gasteiger partial charge in [-0.15, -0.1) is 0 Å². The third-order valence-electron chi connectivity index (χ3n) is 3.06. The maximum atomic E-state index is 11.7. The van der Waals surface area contributed by atoms with Gasteiger partial charge in [0.05, 0.1) is 11.1 Å². The van der Waals surface area contributed by atoms with E-state index in [4.69, 9.17) is 9.47 Å². The average molecular weight is 322 g/mol. The Balaban J connectivity index is 1.58. The summed E-state index contributed by atoms with van der Waals surface area (Å²) in [5.74, 6) is 5.07. The van der Waals surface area contributed by atoms with Gasteiger partial charge in [-0.25, -0.2) is 9.59 Å². The Labute approximate surface area is 141 Å². The van der Waals surface area contributed by atoms with Gasteiger partial charge in [0, 0.05) is 12.8 Å². The minimum atomic E-state index is -0.353. The van der Waals surface area contributed by atoms with Crippen LogP contribution in [0.5, 0.6) is 0 Å². The number of benzene rings is 2. The van der Waals surface area contributed by atoms with Crippen LogP contribution in [0.25, 0.3) is 0 Å². The third-order valence-corrected chi connectivity index (χ3v) is 3.06. The molecule has 0 aliphatic carbocycles. The van der Waals surface area contributed by atoms with Gasteiger partial charge < -0.3 is 9.47 Å². The lowest BCUT2D eigenvalue weighted by atomic mass is 10.2. The number of rotatable bonds is 6. The van der Waals surface area contributed by atoms with Gasteiger partial charge in [0.2, 0.25) is 0 Å². The van der Waals surface area contributed by atoms with Gasteiger partial charge in [-0.05, 0) is 24.3 Å². The minimum absolute atomic E-state index is 0.241. The number of ether oxygens (including phenoxy) is 2. The predicted octanol–water partition coefficient (Wildman–Crippen LogP) is 3.48.